The summed E-state index contributed by atoms with van der Waals surface area (Å²) in [6.07, 6.45) is 0.0601. The Labute approximate surface area is 151 Å². The molecule has 0 saturated heterocycles. The molecule has 0 unspecified atom stereocenters. The smallest absolute Gasteiger partial charge is 0.241 e. The molecule has 7 heteroatoms. The third-order valence-corrected chi connectivity index (χ3v) is 6.57. The first kappa shape index (κ1) is 21.6. The van der Waals surface area contributed by atoms with E-state index in [1.165, 1.54) is 0 Å². The van der Waals surface area contributed by atoms with E-state index in [4.69, 9.17) is 5.73 Å². The Balaban J connectivity index is 2.93. The van der Waals surface area contributed by atoms with Crippen LogP contribution in [0.4, 0.5) is 0 Å². The Morgan fingerprint density at radius 1 is 0.960 bits per heavy atom. The van der Waals surface area contributed by atoms with Gasteiger partial charge < -0.3 is 11.1 Å². The van der Waals surface area contributed by atoms with Gasteiger partial charge in [-0.05, 0) is 76.3 Å². The van der Waals surface area contributed by atoms with Gasteiger partial charge in [-0.15, -0.1) is 0 Å². The number of carbonyl (C=O) groups is 1. The molecule has 6 nitrogen and oxygen atoms in total. The van der Waals surface area contributed by atoms with Crippen LogP contribution in [0.5, 0.6) is 0 Å². The number of nitrogens with one attached hydrogen (secondary N) is 2. The topological polar surface area (TPSA) is 101 Å². The van der Waals surface area contributed by atoms with Crippen molar-refractivity contribution in [2.75, 3.05) is 13.1 Å². The molecule has 0 aliphatic rings. The Bertz CT molecular complexity index is 739. The van der Waals surface area contributed by atoms with Gasteiger partial charge in [-0.3, -0.25) is 4.79 Å². The van der Waals surface area contributed by atoms with Gasteiger partial charge in [-0.2, -0.15) is 0 Å². The Kier molecular flexibility index (Phi) is 6.78. The first-order valence-electron chi connectivity index (χ1n) is 8.41. The highest BCUT2D eigenvalue weighted by atomic mass is 32.2. The lowest BCUT2D eigenvalue weighted by molar-refractivity contribution is -0.122. The van der Waals surface area contributed by atoms with Crippen LogP contribution in [0, 0.1) is 34.6 Å². The van der Waals surface area contributed by atoms with Crippen molar-refractivity contribution in [3.8, 4) is 0 Å². The zero-order chi connectivity index (χ0) is 19.6. The molecule has 1 amide bonds. The maximum absolute atomic E-state index is 12.7. The number of carbonyl (C=O) groups excluding carboxylic acids is 1. The van der Waals surface area contributed by atoms with Crippen molar-refractivity contribution in [2.24, 2.45) is 5.73 Å². The number of amides is 1. The molecule has 0 saturated carbocycles. The van der Waals surface area contributed by atoms with Crippen LogP contribution < -0.4 is 15.8 Å². The van der Waals surface area contributed by atoms with Crippen molar-refractivity contribution in [1.29, 1.82) is 0 Å². The van der Waals surface area contributed by atoms with Crippen LogP contribution in [-0.2, 0) is 14.8 Å². The first-order chi connectivity index (χ1) is 11.3. The summed E-state index contributed by atoms with van der Waals surface area (Å²) in [5, 5.41) is 2.78. The second kappa shape index (κ2) is 7.85. The summed E-state index contributed by atoms with van der Waals surface area (Å²) in [4.78, 5) is 12.2. The molecule has 1 rings (SSSR count). The third-order valence-electron chi connectivity index (χ3n) is 4.83. The molecule has 0 aliphatic carbocycles. The van der Waals surface area contributed by atoms with Gasteiger partial charge in [0, 0.05) is 25.0 Å². The molecular weight excluding hydrogens is 338 g/mol. The lowest BCUT2D eigenvalue weighted by atomic mass is 9.95. The molecule has 0 radical (unpaired) electrons. The summed E-state index contributed by atoms with van der Waals surface area (Å²) >= 11 is 0. The average Bonchev–Trinajstić information content (AvgIpc) is 2.50. The fraction of sp³-hybridized carbons (Fsp3) is 0.611. The highest BCUT2D eigenvalue weighted by Crippen LogP contribution is 2.29. The van der Waals surface area contributed by atoms with Crippen molar-refractivity contribution in [3.05, 3.63) is 27.8 Å². The van der Waals surface area contributed by atoms with Crippen LogP contribution in [-0.4, -0.2) is 33.0 Å². The fourth-order valence-electron chi connectivity index (χ4n) is 2.73. The summed E-state index contributed by atoms with van der Waals surface area (Å²) in [6.45, 7) is 13.5. The molecule has 0 heterocycles. The molecule has 0 spiro atoms. The van der Waals surface area contributed by atoms with E-state index >= 15 is 0 Å². The quantitative estimate of drug-likeness (QED) is 0.681. The molecule has 4 N–H and O–H groups in total. The van der Waals surface area contributed by atoms with Crippen molar-refractivity contribution < 1.29 is 13.2 Å². The van der Waals surface area contributed by atoms with Crippen molar-refractivity contribution in [2.45, 2.75) is 65.3 Å². The van der Waals surface area contributed by atoms with Gasteiger partial charge in [-0.1, -0.05) is 0 Å². The van der Waals surface area contributed by atoms with E-state index in [0.717, 1.165) is 27.8 Å². The second-order valence-corrected chi connectivity index (χ2v) is 8.94. The molecular formula is C18H31N3O3S. The summed E-state index contributed by atoms with van der Waals surface area (Å²) in [5.74, 6) is -0.233. The summed E-state index contributed by atoms with van der Waals surface area (Å²) < 4.78 is 28.0. The standard InChI is InChI=1S/C18H31N3O3S/c1-11-12(2)14(4)17(15(5)13(11)3)25(23,24)20-9-8-16(22)21-18(6,7)10-19/h20H,8-10,19H2,1-7H3,(H,21,22). The Morgan fingerprint density at radius 3 is 1.84 bits per heavy atom. The minimum Gasteiger partial charge on any atom is -0.350 e. The highest BCUT2D eigenvalue weighted by Gasteiger charge is 2.24. The van der Waals surface area contributed by atoms with Crippen LogP contribution in [0.15, 0.2) is 4.90 Å². The van der Waals surface area contributed by atoms with E-state index in [1.54, 1.807) is 0 Å². The lowest BCUT2D eigenvalue weighted by Crippen LogP contribution is -2.49. The zero-order valence-corrected chi connectivity index (χ0v) is 17.1. The van der Waals surface area contributed by atoms with E-state index in [2.05, 4.69) is 10.0 Å². The van der Waals surface area contributed by atoms with E-state index in [-0.39, 0.29) is 18.9 Å². The molecule has 142 valence electrons. The predicted octanol–water partition coefficient (Wildman–Crippen LogP) is 1.75. The average molecular weight is 370 g/mol. The summed E-state index contributed by atoms with van der Waals surface area (Å²) in [5.41, 5.74) is 9.64. The maximum Gasteiger partial charge on any atom is 0.241 e. The first-order valence-corrected chi connectivity index (χ1v) is 9.90. The molecule has 1 aromatic carbocycles. The van der Waals surface area contributed by atoms with Crippen LogP contribution in [0.1, 0.15) is 48.1 Å². The van der Waals surface area contributed by atoms with Crippen LogP contribution in [0.25, 0.3) is 0 Å². The second-order valence-electron chi connectivity index (χ2n) is 7.24. The minimum atomic E-state index is -3.68. The molecule has 1 aromatic rings. The number of sulfonamides is 1. The van der Waals surface area contributed by atoms with Gasteiger partial charge in [0.15, 0.2) is 0 Å². The fourth-order valence-corrected chi connectivity index (χ4v) is 4.36. The van der Waals surface area contributed by atoms with Crippen LogP contribution in [0.2, 0.25) is 0 Å². The third kappa shape index (κ3) is 5.03. The molecule has 0 bridgehead atoms. The Hall–Kier alpha value is -1.44. The number of hydrogen-bond donors (Lipinski definition) is 3. The molecule has 0 aliphatic heterocycles. The van der Waals surface area contributed by atoms with Crippen molar-refractivity contribution in [1.82, 2.24) is 10.0 Å². The van der Waals surface area contributed by atoms with Crippen LogP contribution in [0.3, 0.4) is 0 Å². The van der Waals surface area contributed by atoms with E-state index < -0.39 is 15.6 Å². The van der Waals surface area contributed by atoms with Gasteiger partial charge in [0.25, 0.3) is 0 Å². The predicted molar refractivity (Wildman–Crippen MR) is 101 cm³/mol. The lowest BCUT2D eigenvalue weighted by Gasteiger charge is -2.24. The molecule has 0 aromatic heterocycles. The highest BCUT2D eigenvalue weighted by molar-refractivity contribution is 7.89. The Morgan fingerprint density at radius 2 is 1.40 bits per heavy atom. The maximum atomic E-state index is 12.7. The normalized spacial score (nSPS) is 12.3. The van der Waals surface area contributed by atoms with Crippen molar-refractivity contribution in [3.63, 3.8) is 0 Å². The van der Waals surface area contributed by atoms with E-state index in [1.807, 2.05) is 48.5 Å². The van der Waals surface area contributed by atoms with Gasteiger partial charge in [0.1, 0.15) is 0 Å². The molecule has 25 heavy (non-hydrogen) atoms. The van der Waals surface area contributed by atoms with Gasteiger partial charge in [0.05, 0.1) is 4.90 Å². The number of hydrogen-bond acceptors (Lipinski definition) is 4. The van der Waals surface area contributed by atoms with Gasteiger partial charge in [0.2, 0.25) is 15.9 Å². The number of rotatable bonds is 7. The monoisotopic (exact) mass is 369 g/mol. The summed E-state index contributed by atoms with van der Waals surface area (Å²) in [7, 11) is -3.68. The zero-order valence-electron chi connectivity index (χ0n) is 16.3. The molecule has 0 atom stereocenters. The van der Waals surface area contributed by atoms with Crippen molar-refractivity contribution >= 4 is 15.9 Å². The molecule has 0 fully saturated rings. The van der Waals surface area contributed by atoms with E-state index in [0.29, 0.717) is 11.4 Å². The van der Waals surface area contributed by atoms with E-state index in [9.17, 15) is 13.2 Å². The van der Waals surface area contributed by atoms with Gasteiger partial charge >= 0.3 is 0 Å². The largest absolute Gasteiger partial charge is 0.350 e. The van der Waals surface area contributed by atoms with Crippen LogP contribution >= 0.6 is 0 Å². The minimum absolute atomic E-state index is 0.0413. The number of benzene rings is 1. The van der Waals surface area contributed by atoms with Gasteiger partial charge in [-0.25, -0.2) is 13.1 Å². The number of nitrogens with two attached hydrogens (primary N) is 1. The SMILES string of the molecule is Cc1c(C)c(C)c(S(=O)(=O)NCCC(=O)NC(C)(C)CN)c(C)c1C. The summed E-state index contributed by atoms with van der Waals surface area (Å²) in [6, 6.07) is 0.